The van der Waals surface area contributed by atoms with Gasteiger partial charge in [-0.2, -0.15) is 0 Å². The smallest absolute Gasteiger partial charge is 0.319 e. The Bertz CT molecular complexity index is 1560. The summed E-state index contributed by atoms with van der Waals surface area (Å²) in [5.74, 6) is 0.0866. The Hall–Kier alpha value is -4.00. The van der Waals surface area contributed by atoms with Crippen molar-refractivity contribution in [3.05, 3.63) is 66.3 Å². The lowest BCUT2D eigenvalue weighted by atomic mass is 10.0. The van der Waals surface area contributed by atoms with Gasteiger partial charge in [-0.3, -0.25) is 14.7 Å². The van der Waals surface area contributed by atoms with E-state index in [9.17, 15) is 14.0 Å². The van der Waals surface area contributed by atoms with Crippen molar-refractivity contribution in [3.63, 3.8) is 0 Å². The van der Waals surface area contributed by atoms with Crippen LogP contribution in [0, 0.1) is 5.82 Å². The lowest BCUT2D eigenvalue weighted by molar-refractivity contribution is -0.120. The van der Waals surface area contributed by atoms with E-state index in [0.717, 1.165) is 67.1 Å². The second kappa shape index (κ2) is 13.7. The van der Waals surface area contributed by atoms with E-state index in [1.807, 2.05) is 13.0 Å². The molecule has 1 saturated carbocycles. The average molecular weight is 620 g/mol. The van der Waals surface area contributed by atoms with Crippen LogP contribution in [-0.4, -0.2) is 73.2 Å². The zero-order valence-corrected chi connectivity index (χ0v) is 25.6. The highest BCUT2D eigenvalue weighted by Gasteiger charge is 2.24. The molecule has 4 heterocycles. The molecule has 1 aliphatic carbocycles. The van der Waals surface area contributed by atoms with Gasteiger partial charge >= 0.3 is 6.03 Å². The van der Waals surface area contributed by atoms with E-state index in [1.54, 1.807) is 29.7 Å². The average Bonchev–Trinajstić information content (AvgIpc) is 3.71. The van der Waals surface area contributed by atoms with Crippen LogP contribution in [0.25, 0.3) is 10.2 Å². The van der Waals surface area contributed by atoms with Crippen LogP contribution in [0.2, 0.25) is 0 Å². The molecule has 232 valence electrons. The van der Waals surface area contributed by atoms with Gasteiger partial charge in [-0.15, -0.1) is 11.3 Å². The van der Waals surface area contributed by atoms with E-state index in [2.05, 4.69) is 54.4 Å². The lowest BCUT2D eigenvalue weighted by Gasteiger charge is -2.33. The molecule has 44 heavy (non-hydrogen) atoms. The van der Waals surface area contributed by atoms with Crippen molar-refractivity contribution in [3.8, 4) is 11.5 Å². The van der Waals surface area contributed by atoms with Crippen molar-refractivity contribution in [1.82, 2.24) is 25.8 Å². The van der Waals surface area contributed by atoms with E-state index in [4.69, 9.17) is 4.74 Å². The number of fused-ring (bicyclic) bond motifs is 1. The predicted octanol–water partition coefficient (Wildman–Crippen LogP) is 4.96. The number of likely N-dealkylation sites (tertiary alicyclic amines) is 1. The first-order valence-corrected chi connectivity index (χ1v) is 16.0. The van der Waals surface area contributed by atoms with Crippen LogP contribution in [0.4, 0.5) is 19.9 Å². The van der Waals surface area contributed by atoms with Gasteiger partial charge in [0.15, 0.2) is 11.6 Å². The van der Waals surface area contributed by atoms with Crippen LogP contribution in [0.5, 0.6) is 11.5 Å². The number of amides is 3. The van der Waals surface area contributed by atoms with Crippen LogP contribution in [0.15, 0.2) is 60.5 Å². The first kappa shape index (κ1) is 30.0. The third-order valence-corrected chi connectivity index (χ3v) is 9.02. The summed E-state index contributed by atoms with van der Waals surface area (Å²) < 4.78 is 21.8. The van der Waals surface area contributed by atoms with Crippen molar-refractivity contribution in [2.24, 2.45) is 0 Å². The number of likely N-dealkylation sites (N-methyl/N-ethyl adjacent to an activating group) is 1. The first-order chi connectivity index (χ1) is 21.4. The number of rotatable bonds is 11. The van der Waals surface area contributed by atoms with Crippen LogP contribution in [0.3, 0.4) is 0 Å². The van der Waals surface area contributed by atoms with E-state index in [1.165, 1.54) is 17.7 Å². The number of thiophene rings is 1. The summed E-state index contributed by atoms with van der Waals surface area (Å²) in [4.78, 5) is 33.0. The topological polar surface area (TPSA) is 111 Å². The van der Waals surface area contributed by atoms with Gasteiger partial charge in [0.25, 0.3) is 0 Å². The quantitative estimate of drug-likeness (QED) is 0.240. The highest BCUT2D eigenvalue weighted by molar-refractivity contribution is 7.23. The molecular formula is C32H38FN7O3S. The Balaban J connectivity index is 1.07. The minimum atomic E-state index is -0.563. The molecule has 6 rings (SSSR count). The van der Waals surface area contributed by atoms with Crippen LogP contribution >= 0.6 is 11.3 Å². The maximum Gasteiger partial charge on any atom is 0.319 e. The molecule has 10 nitrogen and oxygen atoms in total. The van der Waals surface area contributed by atoms with Crippen molar-refractivity contribution in [2.45, 2.75) is 44.7 Å². The van der Waals surface area contributed by atoms with Gasteiger partial charge in [-0.25, -0.2) is 9.18 Å². The second-order valence-electron chi connectivity index (χ2n) is 11.4. The highest BCUT2D eigenvalue weighted by Crippen LogP contribution is 2.40. The zero-order chi connectivity index (χ0) is 30.5. The number of pyridine rings is 1. The molecule has 0 atom stereocenters. The summed E-state index contributed by atoms with van der Waals surface area (Å²) in [6, 6.07) is 8.43. The number of carbonyl (C=O) groups is 2. The van der Waals surface area contributed by atoms with Crippen LogP contribution in [0.1, 0.15) is 32.6 Å². The van der Waals surface area contributed by atoms with Gasteiger partial charge in [0.1, 0.15) is 5.75 Å². The molecule has 0 radical (unpaired) electrons. The molecule has 3 amide bonds. The molecule has 1 saturated heterocycles. The van der Waals surface area contributed by atoms with Crippen molar-refractivity contribution in [2.75, 3.05) is 49.5 Å². The summed E-state index contributed by atoms with van der Waals surface area (Å²) >= 11 is 1.56. The molecule has 2 fully saturated rings. The second-order valence-corrected chi connectivity index (χ2v) is 12.4. The summed E-state index contributed by atoms with van der Waals surface area (Å²) in [7, 11) is 0. The van der Waals surface area contributed by atoms with E-state index < -0.39 is 5.82 Å². The monoisotopic (exact) mass is 619 g/mol. The molecule has 2 aromatic heterocycles. The lowest BCUT2D eigenvalue weighted by Crippen LogP contribution is -2.46. The molecule has 3 aromatic rings. The molecule has 2 aliphatic heterocycles. The highest BCUT2D eigenvalue weighted by atomic mass is 32.1. The number of nitrogens with one attached hydrogen (secondary N) is 4. The number of piperidine rings is 1. The minimum Gasteiger partial charge on any atom is -0.453 e. The maximum atomic E-state index is 15.0. The van der Waals surface area contributed by atoms with Crippen LogP contribution in [-0.2, 0) is 4.79 Å². The van der Waals surface area contributed by atoms with Crippen molar-refractivity contribution in [1.29, 1.82) is 0 Å². The number of hydrogen-bond donors (Lipinski definition) is 4. The zero-order valence-electron chi connectivity index (χ0n) is 24.8. The number of benzene rings is 1. The van der Waals surface area contributed by atoms with Crippen LogP contribution < -0.4 is 30.9 Å². The molecule has 3 aliphatic rings. The fourth-order valence-electron chi connectivity index (χ4n) is 5.39. The first-order valence-electron chi connectivity index (χ1n) is 15.2. The summed E-state index contributed by atoms with van der Waals surface area (Å²) in [6.45, 7) is 6.52. The SMILES string of the molecule is CCNC(=O)CNC1CCN(CC2=CN(c3cc4nccc(Oc5ccc(NC(=O)NC6CC6)cc5F)c4s3)CC=C2)CC1. The number of carbonyl (C=O) groups excluding carboxylic acids is 2. The predicted molar refractivity (Wildman–Crippen MR) is 172 cm³/mol. The largest absolute Gasteiger partial charge is 0.453 e. The van der Waals surface area contributed by atoms with Gasteiger partial charge in [-0.05, 0) is 69.5 Å². The number of halogens is 1. The van der Waals surface area contributed by atoms with Gasteiger partial charge in [0, 0.05) is 61.9 Å². The Morgan fingerprint density at radius 3 is 2.70 bits per heavy atom. The fourth-order valence-corrected chi connectivity index (χ4v) is 6.45. The standard InChI is InChI=1S/C32H38FN7O3S/c1-2-34-29(41)18-36-22-10-14-39(15-11-22)19-21-4-3-13-40(20-21)30-17-26-31(44-30)28(9-12-35-26)43-27-8-7-24(16-25(27)33)38-32(42)37-23-5-6-23/h3-4,7-9,12,16-17,20,22-23,36H,2,5-6,10-11,13-15,18-19H2,1H3,(H,34,41)(H2,37,38,42). The number of anilines is 2. The number of hydrogen-bond acceptors (Lipinski definition) is 8. The normalized spacial score (nSPS) is 17.4. The molecule has 4 N–H and O–H groups in total. The number of nitrogens with zero attached hydrogens (tertiary/aromatic N) is 3. The van der Waals surface area contributed by atoms with E-state index in [0.29, 0.717) is 30.6 Å². The molecular weight excluding hydrogens is 581 g/mol. The number of urea groups is 1. The van der Waals surface area contributed by atoms with Crippen molar-refractivity contribution >= 4 is 44.2 Å². The number of aromatic nitrogens is 1. The van der Waals surface area contributed by atoms with Gasteiger partial charge < -0.3 is 30.9 Å². The van der Waals surface area contributed by atoms with Gasteiger partial charge in [0.2, 0.25) is 5.91 Å². The van der Waals surface area contributed by atoms with Gasteiger partial charge in [-0.1, -0.05) is 12.2 Å². The third kappa shape index (κ3) is 7.74. The fraction of sp³-hybridized carbons (Fsp3) is 0.406. The Morgan fingerprint density at radius 1 is 1.09 bits per heavy atom. The maximum absolute atomic E-state index is 15.0. The summed E-state index contributed by atoms with van der Waals surface area (Å²) in [6.07, 6.45) is 12.2. The van der Waals surface area contributed by atoms with E-state index >= 15 is 0 Å². The Morgan fingerprint density at radius 2 is 1.93 bits per heavy atom. The molecule has 0 spiro atoms. The van der Waals surface area contributed by atoms with Crippen molar-refractivity contribution < 1.29 is 18.7 Å². The van der Waals surface area contributed by atoms with E-state index in [-0.39, 0.29) is 23.7 Å². The Labute approximate surface area is 260 Å². The summed E-state index contributed by atoms with van der Waals surface area (Å²) in [5, 5.41) is 12.7. The molecule has 0 bridgehead atoms. The van der Waals surface area contributed by atoms with Gasteiger partial charge in [0.05, 0.1) is 21.8 Å². The molecule has 1 aromatic carbocycles. The molecule has 12 heteroatoms. The summed E-state index contributed by atoms with van der Waals surface area (Å²) in [5.41, 5.74) is 2.38. The third-order valence-electron chi connectivity index (χ3n) is 7.84. The minimum absolute atomic E-state index is 0.0485. The molecule has 0 unspecified atom stereocenters. The number of ether oxygens (including phenoxy) is 1. The Kier molecular flexibility index (Phi) is 9.39.